The highest BCUT2D eigenvalue weighted by atomic mass is 16.7. The Morgan fingerprint density at radius 1 is 1.27 bits per heavy atom. The van der Waals surface area contributed by atoms with Crippen molar-refractivity contribution in [3.05, 3.63) is 30.3 Å². The van der Waals surface area contributed by atoms with Crippen LogP contribution in [-0.2, 0) is 4.74 Å². The summed E-state index contributed by atoms with van der Waals surface area (Å²) in [6.45, 7) is 1.02. The maximum absolute atomic E-state index is 11.1. The van der Waals surface area contributed by atoms with Crippen molar-refractivity contribution in [2.45, 2.75) is 0 Å². The number of ether oxygens (including phenoxy) is 2. The van der Waals surface area contributed by atoms with Crippen molar-refractivity contribution in [3.8, 4) is 5.75 Å². The first kappa shape index (κ1) is 11.5. The molecule has 0 aliphatic rings. The average molecular weight is 209 g/mol. The molecule has 82 valence electrons. The zero-order valence-electron chi connectivity index (χ0n) is 8.97. The van der Waals surface area contributed by atoms with Crippen molar-refractivity contribution in [3.63, 3.8) is 0 Å². The lowest BCUT2D eigenvalue weighted by Crippen LogP contribution is -2.21. The van der Waals surface area contributed by atoms with Crippen molar-refractivity contribution >= 4 is 6.16 Å². The number of likely N-dealkylation sites (N-methyl/N-ethyl adjacent to an activating group) is 1. The molecule has 4 nitrogen and oxygen atoms in total. The van der Waals surface area contributed by atoms with E-state index < -0.39 is 6.16 Å². The molecule has 0 spiro atoms. The van der Waals surface area contributed by atoms with Gasteiger partial charge in [-0.25, -0.2) is 4.79 Å². The fourth-order valence-corrected chi connectivity index (χ4v) is 0.926. The lowest BCUT2D eigenvalue weighted by Gasteiger charge is -2.09. The molecule has 1 rings (SSSR count). The Morgan fingerprint density at radius 3 is 2.53 bits per heavy atom. The van der Waals surface area contributed by atoms with Gasteiger partial charge >= 0.3 is 6.16 Å². The Kier molecular flexibility index (Phi) is 4.63. The van der Waals surface area contributed by atoms with Gasteiger partial charge in [0.05, 0.1) is 0 Å². The molecule has 0 bridgehead atoms. The van der Waals surface area contributed by atoms with Crippen molar-refractivity contribution in [2.75, 3.05) is 27.2 Å². The summed E-state index contributed by atoms with van der Waals surface area (Å²) in [4.78, 5) is 13.1. The van der Waals surface area contributed by atoms with Crippen molar-refractivity contribution < 1.29 is 14.3 Å². The molecular weight excluding hydrogens is 194 g/mol. The number of hydrogen-bond acceptors (Lipinski definition) is 4. The molecule has 1 aromatic rings. The minimum atomic E-state index is -0.664. The summed E-state index contributed by atoms with van der Waals surface area (Å²) in [5.41, 5.74) is 0. The molecule has 0 saturated heterocycles. The van der Waals surface area contributed by atoms with Gasteiger partial charge in [0.15, 0.2) is 0 Å². The van der Waals surface area contributed by atoms with Gasteiger partial charge in [-0.15, -0.1) is 0 Å². The topological polar surface area (TPSA) is 38.8 Å². The van der Waals surface area contributed by atoms with Gasteiger partial charge in [0.1, 0.15) is 12.4 Å². The Morgan fingerprint density at radius 2 is 1.93 bits per heavy atom. The van der Waals surface area contributed by atoms with Crippen LogP contribution < -0.4 is 4.74 Å². The number of carbonyl (C=O) groups excluding carboxylic acids is 1. The third-order valence-electron chi connectivity index (χ3n) is 1.70. The Labute approximate surface area is 89.4 Å². The number of rotatable bonds is 4. The van der Waals surface area contributed by atoms with Crippen LogP contribution in [0.5, 0.6) is 5.75 Å². The standard InChI is InChI=1S/C11H15NO3/c1-12(2)8-9-14-11(13)15-10-6-4-3-5-7-10/h3-7H,8-9H2,1-2H3. The van der Waals surface area contributed by atoms with Crippen molar-refractivity contribution in [2.24, 2.45) is 0 Å². The van der Waals surface area contributed by atoms with E-state index in [2.05, 4.69) is 0 Å². The molecule has 0 radical (unpaired) electrons. The van der Waals surface area contributed by atoms with E-state index in [0.717, 1.165) is 0 Å². The summed E-state index contributed by atoms with van der Waals surface area (Å²) in [5, 5.41) is 0. The SMILES string of the molecule is CN(C)CCOC(=O)Oc1ccccc1. The normalized spacial score (nSPS) is 10.1. The molecule has 4 heteroatoms. The summed E-state index contributed by atoms with van der Waals surface area (Å²) in [6.07, 6.45) is -0.664. The van der Waals surface area contributed by atoms with Gasteiger partial charge in [0.25, 0.3) is 0 Å². The highest BCUT2D eigenvalue weighted by Gasteiger charge is 2.04. The summed E-state index contributed by atoms with van der Waals surface area (Å²) in [6, 6.07) is 8.84. The molecule has 0 unspecified atom stereocenters. The minimum absolute atomic E-state index is 0.332. The fraction of sp³-hybridized carbons (Fsp3) is 0.364. The molecule has 1 aromatic carbocycles. The molecule has 0 aliphatic heterocycles. The third kappa shape index (κ3) is 5.02. The largest absolute Gasteiger partial charge is 0.513 e. The van der Waals surface area contributed by atoms with Crippen LogP contribution in [0.2, 0.25) is 0 Å². The molecule has 0 heterocycles. The highest BCUT2D eigenvalue weighted by Crippen LogP contribution is 2.08. The van der Waals surface area contributed by atoms with Crippen LogP contribution in [0.15, 0.2) is 30.3 Å². The lowest BCUT2D eigenvalue weighted by molar-refractivity contribution is 0.0927. The Balaban J connectivity index is 2.25. The van der Waals surface area contributed by atoms with Crippen LogP contribution in [0.1, 0.15) is 0 Å². The molecule has 0 amide bonds. The highest BCUT2D eigenvalue weighted by molar-refractivity contribution is 5.63. The summed E-state index contributed by atoms with van der Waals surface area (Å²) >= 11 is 0. The number of nitrogens with zero attached hydrogens (tertiary/aromatic N) is 1. The number of carbonyl (C=O) groups is 1. The van der Waals surface area contributed by atoms with E-state index in [4.69, 9.17) is 9.47 Å². The van der Waals surface area contributed by atoms with E-state index in [0.29, 0.717) is 18.9 Å². The first-order valence-corrected chi connectivity index (χ1v) is 4.73. The quantitative estimate of drug-likeness (QED) is 0.559. The number of benzene rings is 1. The predicted molar refractivity (Wildman–Crippen MR) is 57.0 cm³/mol. The first-order valence-electron chi connectivity index (χ1n) is 4.73. The molecule has 0 aromatic heterocycles. The van der Waals surface area contributed by atoms with Crippen LogP contribution in [-0.4, -0.2) is 38.3 Å². The third-order valence-corrected chi connectivity index (χ3v) is 1.70. The molecule has 15 heavy (non-hydrogen) atoms. The van der Waals surface area contributed by atoms with Crippen LogP contribution >= 0.6 is 0 Å². The van der Waals surface area contributed by atoms with Gasteiger partial charge in [0.2, 0.25) is 0 Å². The molecule has 0 fully saturated rings. The molecule has 0 atom stereocenters. The van der Waals surface area contributed by atoms with E-state index in [9.17, 15) is 4.79 Å². The van der Waals surface area contributed by atoms with Crippen molar-refractivity contribution in [1.29, 1.82) is 0 Å². The monoisotopic (exact) mass is 209 g/mol. The Bertz CT molecular complexity index is 298. The van der Waals surface area contributed by atoms with Gasteiger partial charge in [-0.2, -0.15) is 0 Å². The first-order chi connectivity index (χ1) is 7.18. The van der Waals surface area contributed by atoms with Gasteiger partial charge in [0, 0.05) is 6.54 Å². The number of hydrogen-bond donors (Lipinski definition) is 0. The zero-order valence-corrected chi connectivity index (χ0v) is 8.97. The van der Waals surface area contributed by atoms with E-state index in [1.54, 1.807) is 24.3 Å². The van der Waals surface area contributed by atoms with Crippen LogP contribution in [0.3, 0.4) is 0 Å². The van der Waals surface area contributed by atoms with E-state index in [1.165, 1.54) is 0 Å². The second kappa shape index (κ2) is 6.03. The number of para-hydroxylation sites is 1. The second-order valence-corrected chi connectivity index (χ2v) is 3.32. The molecule has 0 aliphatic carbocycles. The maximum atomic E-state index is 11.1. The second-order valence-electron chi connectivity index (χ2n) is 3.32. The van der Waals surface area contributed by atoms with E-state index in [-0.39, 0.29) is 0 Å². The predicted octanol–water partition coefficient (Wildman–Crippen LogP) is 1.76. The van der Waals surface area contributed by atoms with Gasteiger partial charge in [-0.1, -0.05) is 18.2 Å². The Hall–Kier alpha value is -1.55. The van der Waals surface area contributed by atoms with Gasteiger partial charge in [-0.3, -0.25) is 0 Å². The van der Waals surface area contributed by atoms with Crippen LogP contribution in [0.25, 0.3) is 0 Å². The lowest BCUT2D eigenvalue weighted by atomic mass is 10.3. The van der Waals surface area contributed by atoms with E-state index >= 15 is 0 Å². The van der Waals surface area contributed by atoms with Crippen LogP contribution in [0.4, 0.5) is 4.79 Å². The van der Waals surface area contributed by atoms with Crippen LogP contribution in [0, 0.1) is 0 Å². The summed E-state index contributed by atoms with van der Waals surface area (Å²) in [5.74, 6) is 0.493. The average Bonchev–Trinajstić information content (AvgIpc) is 2.18. The van der Waals surface area contributed by atoms with Gasteiger partial charge in [-0.05, 0) is 26.2 Å². The summed E-state index contributed by atoms with van der Waals surface area (Å²) < 4.78 is 9.77. The maximum Gasteiger partial charge on any atom is 0.513 e. The zero-order chi connectivity index (χ0) is 11.1. The minimum Gasteiger partial charge on any atom is -0.433 e. The molecule has 0 saturated carbocycles. The fourth-order valence-electron chi connectivity index (χ4n) is 0.926. The van der Waals surface area contributed by atoms with E-state index in [1.807, 2.05) is 25.1 Å². The molecule has 0 N–H and O–H groups in total. The van der Waals surface area contributed by atoms with Gasteiger partial charge < -0.3 is 14.4 Å². The summed E-state index contributed by atoms with van der Waals surface area (Å²) in [7, 11) is 3.82. The smallest absolute Gasteiger partial charge is 0.433 e. The molecular formula is C11H15NO3. The van der Waals surface area contributed by atoms with Crippen molar-refractivity contribution in [1.82, 2.24) is 4.90 Å².